The third-order valence-corrected chi connectivity index (χ3v) is 5.86. The Bertz CT molecular complexity index is 714. The summed E-state index contributed by atoms with van der Waals surface area (Å²) in [7, 11) is 0. The first kappa shape index (κ1) is 18.9. The molecule has 2 aliphatic rings. The summed E-state index contributed by atoms with van der Waals surface area (Å²) in [6.45, 7) is 2.92. The highest BCUT2D eigenvalue weighted by Gasteiger charge is 2.22. The van der Waals surface area contributed by atoms with Gasteiger partial charge in [-0.15, -0.1) is 0 Å². The Morgan fingerprint density at radius 1 is 0.929 bits per heavy atom. The van der Waals surface area contributed by atoms with Crippen LogP contribution in [0.4, 0.5) is 5.69 Å². The van der Waals surface area contributed by atoms with Crippen molar-refractivity contribution in [3.63, 3.8) is 0 Å². The van der Waals surface area contributed by atoms with Gasteiger partial charge in [0.05, 0.1) is 6.26 Å². The second-order valence-electron chi connectivity index (χ2n) is 7.93. The highest BCUT2D eigenvalue weighted by atomic mass is 16.3. The van der Waals surface area contributed by atoms with Gasteiger partial charge in [-0.25, -0.2) is 0 Å². The molecule has 2 aromatic rings. The van der Waals surface area contributed by atoms with E-state index in [1.54, 1.807) is 6.26 Å². The zero-order valence-electron chi connectivity index (χ0n) is 16.6. The number of para-hydroxylation sites is 1. The number of nitrogens with one attached hydrogen (secondary N) is 2. The molecule has 1 saturated carbocycles. The van der Waals surface area contributed by atoms with Gasteiger partial charge in [0, 0.05) is 43.8 Å². The average Bonchev–Trinajstić information content (AvgIpc) is 3.43. The van der Waals surface area contributed by atoms with Crippen molar-refractivity contribution < 1.29 is 4.42 Å². The van der Waals surface area contributed by atoms with E-state index in [2.05, 4.69) is 45.9 Å². The van der Waals surface area contributed by atoms with Crippen molar-refractivity contribution in [1.29, 1.82) is 0 Å². The molecule has 2 heterocycles. The third kappa shape index (κ3) is 5.31. The number of rotatable bonds is 6. The van der Waals surface area contributed by atoms with Crippen LogP contribution < -0.4 is 15.5 Å². The monoisotopic (exact) mass is 380 g/mol. The Balaban J connectivity index is 1.31. The fourth-order valence-corrected chi connectivity index (χ4v) is 4.24. The van der Waals surface area contributed by atoms with Crippen LogP contribution in [-0.2, 0) is 6.42 Å². The van der Waals surface area contributed by atoms with Crippen molar-refractivity contribution in [3.8, 4) is 0 Å². The van der Waals surface area contributed by atoms with Gasteiger partial charge >= 0.3 is 0 Å². The fourth-order valence-electron chi connectivity index (χ4n) is 4.24. The van der Waals surface area contributed by atoms with Gasteiger partial charge in [0.25, 0.3) is 0 Å². The van der Waals surface area contributed by atoms with Crippen LogP contribution in [0.2, 0.25) is 0 Å². The molecule has 28 heavy (non-hydrogen) atoms. The minimum absolute atomic E-state index is 0.483. The zero-order valence-corrected chi connectivity index (χ0v) is 16.6. The Labute approximate surface area is 168 Å². The number of hydrogen-bond acceptors (Lipinski definition) is 3. The van der Waals surface area contributed by atoms with Gasteiger partial charge < -0.3 is 20.0 Å². The largest absolute Gasteiger partial charge is 0.469 e. The van der Waals surface area contributed by atoms with Crippen molar-refractivity contribution in [2.24, 2.45) is 4.99 Å². The molecule has 0 unspecified atom stereocenters. The van der Waals surface area contributed by atoms with Crippen molar-refractivity contribution in [2.75, 3.05) is 24.5 Å². The topological polar surface area (TPSA) is 52.8 Å². The first-order valence-electron chi connectivity index (χ1n) is 10.8. The summed E-state index contributed by atoms with van der Waals surface area (Å²) < 4.78 is 5.44. The van der Waals surface area contributed by atoms with Crippen LogP contribution in [0.3, 0.4) is 0 Å². The van der Waals surface area contributed by atoms with E-state index in [0.29, 0.717) is 12.1 Å². The summed E-state index contributed by atoms with van der Waals surface area (Å²) in [6.07, 6.45) is 10.0. The normalized spacial score (nSPS) is 19.1. The van der Waals surface area contributed by atoms with Gasteiger partial charge in [0.2, 0.25) is 0 Å². The van der Waals surface area contributed by atoms with Gasteiger partial charge in [-0.3, -0.25) is 4.99 Å². The molecule has 0 spiro atoms. The number of piperidine rings is 1. The molecule has 2 fully saturated rings. The summed E-state index contributed by atoms with van der Waals surface area (Å²) >= 11 is 0. The standard InChI is InChI=1S/C23H32N4O/c1-2-9-21(10-3-1)27-16-13-20(14-17-27)26-23(25-19-7-4-5-8-19)24-15-12-22-11-6-18-28-22/h1-3,6,9-11,18-20H,4-5,7-8,12-17H2,(H2,24,25,26). The summed E-state index contributed by atoms with van der Waals surface area (Å²) in [5, 5.41) is 7.40. The molecular formula is C23H32N4O. The highest BCUT2D eigenvalue weighted by Crippen LogP contribution is 2.20. The number of guanidine groups is 1. The number of furan rings is 1. The second-order valence-corrected chi connectivity index (χ2v) is 7.93. The minimum Gasteiger partial charge on any atom is -0.469 e. The van der Waals surface area contributed by atoms with Crippen molar-refractivity contribution in [2.45, 2.75) is 57.0 Å². The summed E-state index contributed by atoms with van der Waals surface area (Å²) in [6, 6.07) is 15.7. The van der Waals surface area contributed by atoms with E-state index in [0.717, 1.165) is 50.6 Å². The molecular weight excluding hydrogens is 348 g/mol. The highest BCUT2D eigenvalue weighted by molar-refractivity contribution is 5.80. The number of aliphatic imine (C=N–C) groups is 1. The predicted octanol–water partition coefficient (Wildman–Crippen LogP) is 3.97. The summed E-state index contributed by atoms with van der Waals surface area (Å²) in [5.74, 6) is 1.98. The lowest BCUT2D eigenvalue weighted by molar-refractivity contribution is 0.456. The molecule has 5 heteroatoms. The molecule has 0 atom stereocenters. The lowest BCUT2D eigenvalue weighted by Gasteiger charge is -2.35. The Morgan fingerprint density at radius 2 is 1.64 bits per heavy atom. The molecule has 2 N–H and O–H groups in total. The zero-order chi connectivity index (χ0) is 19.0. The van der Waals surface area contributed by atoms with E-state index in [1.807, 2.05) is 12.1 Å². The molecule has 1 aromatic heterocycles. The van der Waals surface area contributed by atoms with Crippen LogP contribution >= 0.6 is 0 Å². The van der Waals surface area contributed by atoms with E-state index in [4.69, 9.17) is 9.41 Å². The quantitative estimate of drug-likeness (QED) is 0.588. The number of anilines is 1. The molecule has 1 saturated heterocycles. The first-order valence-corrected chi connectivity index (χ1v) is 10.8. The lowest BCUT2D eigenvalue weighted by atomic mass is 10.0. The van der Waals surface area contributed by atoms with Crippen molar-refractivity contribution >= 4 is 11.6 Å². The molecule has 0 amide bonds. The third-order valence-electron chi connectivity index (χ3n) is 5.86. The van der Waals surface area contributed by atoms with Crippen LogP contribution in [0.1, 0.15) is 44.3 Å². The first-order chi connectivity index (χ1) is 13.9. The maximum atomic E-state index is 5.44. The second kappa shape index (κ2) is 9.67. The van der Waals surface area contributed by atoms with Crippen molar-refractivity contribution in [3.05, 3.63) is 54.5 Å². The number of hydrogen-bond donors (Lipinski definition) is 2. The summed E-state index contributed by atoms with van der Waals surface area (Å²) in [4.78, 5) is 7.34. The minimum atomic E-state index is 0.483. The smallest absolute Gasteiger partial charge is 0.191 e. The molecule has 1 aliphatic carbocycles. The maximum absolute atomic E-state index is 5.44. The van der Waals surface area contributed by atoms with Crippen LogP contribution in [0.15, 0.2) is 58.1 Å². The van der Waals surface area contributed by atoms with Gasteiger partial charge in [-0.2, -0.15) is 0 Å². The average molecular weight is 381 g/mol. The maximum Gasteiger partial charge on any atom is 0.191 e. The number of nitrogens with zero attached hydrogens (tertiary/aromatic N) is 2. The Morgan fingerprint density at radius 3 is 2.32 bits per heavy atom. The Kier molecular flexibility index (Phi) is 6.53. The van der Waals surface area contributed by atoms with Gasteiger partial charge in [-0.05, 0) is 49.9 Å². The van der Waals surface area contributed by atoms with Crippen LogP contribution in [0.5, 0.6) is 0 Å². The molecule has 0 bridgehead atoms. The van der Waals surface area contributed by atoms with Crippen LogP contribution in [0.25, 0.3) is 0 Å². The van der Waals surface area contributed by atoms with E-state index < -0.39 is 0 Å². The molecule has 150 valence electrons. The van der Waals surface area contributed by atoms with E-state index in [1.165, 1.54) is 31.4 Å². The molecule has 5 nitrogen and oxygen atoms in total. The van der Waals surface area contributed by atoms with Crippen LogP contribution in [0, 0.1) is 0 Å². The van der Waals surface area contributed by atoms with Crippen molar-refractivity contribution in [1.82, 2.24) is 10.6 Å². The lowest BCUT2D eigenvalue weighted by Crippen LogP contribution is -2.50. The Hall–Kier alpha value is -2.43. The van der Waals surface area contributed by atoms with Gasteiger partial charge in [-0.1, -0.05) is 31.0 Å². The number of benzene rings is 1. The molecule has 0 radical (unpaired) electrons. The van der Waals surface area contributed by atoms with Crippen LogP contribution in [-0.4, -0.2) is 37.7 Å². The van der Waals surface area contributed by atoms with E-state index in [9.17, 15) is 0 Å². The molecule has 1 aliphatic heterocycles. The van der Waals surface area contributed by atoms with E-state index >= 15 is 0 Å². The van der Waals surface area contributed by atoms with Gasteiger partial charge in [0.15, 0.2) is 5.96 Å². The molecule has 4 rings (SSSR count). The molecule has 1 aromatic carbocycles. The SMILES string of the molecule is c1ccc(N2CCC(NC(=NCCc3ccco3)NC3CCCC3)CC2)cc1. The van der Waals surface area contributed by atoms with E-state index in [-0.39, 0.29) is 0 Å². The predicted molar refractivity (Wildman–Crippen MR) is 115 cm³/mol. The fraction of sp³-hybridized carbons (Fsp3) is 0.522. The van der Waals surface area contributed by atoms with Gasteiger partial charge in [0.1, 0.15) is 5.76 Å². The summed E-state index contributed by atoms with van der Waals surface area (Å²) in [5.41, 5.74) is 1.33.